The summed E-state index contributed by atoms with van der Waals surface area (Å²) in [7, 11) is 0. The van der Waals surface area contributed by atoms with Crippen LogP contribution in [0.1, 0.15) is 18.1 Å². The fourth-order valence-corrected chi connectivity index (χ4v) is 3.51. The molecular formula is C22H29IN8. The highest BCUT2D eigenvalue weighted by atomic mass is 127. The second-order valence-corrected chi connectivity index (χ2v) is 7.24. The highest BCUT2D eigenvalue weighted by Gasteiger charge is 2.21. The standard InChI is InChI=1S/C22H28N8.HI/c1-2-24-21(29-12-14-30(15-13-29)22-25-8-3-9-26-22)27-16-19-4-6-20(7-5-19)17-28-11-10-23-18-28;/h3-11,18H,2,12-17H2,1H3,(H,24,27);1H. The first-order valence-corrected chi connectivity index (χ1v) is 10.4. The number of halogens is 1. The van der Waals surface area contributed by atoms with Crippen molar-refractivity contribution in [2.45, 2.75) is 20.0 Å². The fraction of sp³-hybridized carbons (Fsp3) is 0.364. The lowest BCUT2D eigenvalue weighted by molar-refractivity contribution is 0.370. The number of hydrogen-bond donors (Lipinski definition) is 1. The Hall–Kier alpha value is -2.69. The molecule has 0 bridgehead atoms. The van der Waals surface area contributed by atoms with Gasteiger partial charge in [-0.15, -0.1) is 24.0 Å². The molecule has 0 saturated carbocycles. The Labute approximate surface area is 200 Å². The van der Waals surface area contributed by atoms with E-state index >= 15 is 0 Å². The van der Waals surface area contributed by atoms with E-state index in [4.69, 9.17) is 4.99 Å². The Morgan fingerprint density at radius 1 is 1.00 bits per heavy atom. The van der Waals surface area contributed by atoms with Crippen LogP contribution in [0.3, 0.4) is 0 Å². The van der Waals surface area contributed by atoms with E-state index < -0.39 is 0 Å². The molecule has 1 N–H and O–H groups in total. The van der Waals surface area contributed by atoms with Crippen LogP contribution < -0.4 is 10.2 Å². The van der Waals surface area contributed by atoms with Crippen LogP contribution in [-0.2, 0) is 13.1 Å². The predicted molar refractivity (Wildman–Crippen MR) is 134 cm³/mol. The normalized spacial score (nSPS) is 14.3. The molecular weight excluding hydrogens is 503 g/mol. The highest BCUT2D eigenvalue weighted by Crippen LogP contribution is 2.11. The van der Waals surface area contributed by atoms with Crippen LogP contribution in [0, 0.1) is 0 Å². The van der Waals surface area contributed by atoms with Gasteiger partial charge in [-0.2, -0.15) is 0 Å². The molecule has 0 aliphatic carbocycles. The maximum absolute atomic E-state index is 4.88. The molecule has 0 amide bonds. The molecule has 2 aromatic heterocycles. The van der Waals surface area contributed by atoms with Gasteiger partial charge >= 0.3 is 0 Å². The number of piperazine rings is 1. The van der Waals surface area contributed by atoms with E-state index in [1.54, 1.807) is 18.6 Å². The van der Waals surface area contributed by atoms with E-state index in [1.807, 2.05) is 18.6 Å². The summed E-state index contributed by atoms with van der Waals surface area (Å²) in [5.74, 6) is 1.77. The minimum absolute atomic E-state index is 0. The predicted octanol–water partition coefficient (Wildman–Crippen LogP) is 2.63. The second-order valence-electron chi connectivity index (χ2n) is 7.24. The van der Waals surface area contributed by atoms with Gasteiger partial charge in [0, 0.05) is 64.1 Å². The average molecular weight is 532 g/mol. The molecule has 0 atom stereocenters. The Balaban J connectivity index is 0.00000272. The number of hydrogen-bond acceptors (Lipinski definition) is 5. The number of guanidine groups is 1. The van der Waals surface area contributed by atoms with E-state index in [0.717, 1.165) is 51.2 Å². The smallest absolute Gasteiger partial charge is 0.225 e. The zero-order valence-electron chi connectivity index (χ0n) is 17.8. The van der Waals surface area contributed by atoms with Crippen molar-refractivity contribution in [1.29, 1.82) is 0 Å². The van der Waals surface area contributed by atoms with Gasteiger partial charge in [-0.1, -0.05) is 24.3 Å². The summed E-state index contributed by atoms with van der Waals surface area (Å²) in [5.41, 5.74) is 2.46. The van der Waals surface area contributed by atoms with Gasteiger partial charge in [0.25, 0.3) is 0 Å². The molecule has 0 unspecified atom stereocenters. The molecule has 3 heterocycles. The Kier molecular flexibility index (Phi) is 8.63. The van der Waals surface area contributed by atoms with Crippen molar-refractivity contribution in [3.05, 3.63) is 72.6 Å². The van der Waals surface area contributed by atoms with Crippen molar-refractivity contribution in [3.8, 4) is 0 Å². The lowest BCUT2D eigenvalue weighted by atomic mass is 10.1. The van der Waals surface area contributed by atoms with E-state index in [-0.39, 0.29) is 24.0 Å². The maximum Gasteiger partial charge on any atom is 0.225 e. The SMILES string of the molecule is CCNC(=NCc1ccc(Cn2ccnc2)cc1)N1CCN(c2ncccn2)CC1.I. The Morgan fingerprint density at radius 3 is 2.35 bits per heavy atom. The molecule has 1 aromatic carbocycles. The fourth-order valence-electron chi connectivity index (χ4n) is 3.51. The molecule has 3 aromatic rings. The Bertz CT molecular complexity index is 920. The van der Waals surface area contributed by atoms with Crippen LogP contribution in [-0.4, -0.2) is 63.1 Å². The zero-order valence-corrected chi connectivity index (χ0v) is 20.1. The number of benzene rings is 1. The van der Waals surface area contributed by atoms with Crippen LogP contribution in [0.25, 0.3) is 0 Å². The Morgan fingerprint density at radius 2 is 1.71 bits per heavy atom. The number of aromatic nitrogens is 4. The minimum Gasteiger partial charge on any atom is -0.357 e. The number of nitrogens with zero attached hydrogens (tertiary/aromatic N) is 7. The van der Waals surface area contributed by atoms with Crippen LogP contribution in [0.15, 0.2) is 66.4 Å². The molecule has 1 aliphatic heterocycles. The van der Waals surface area contributed by atoms with Crippen LogP contribution in [0.4, 0.5) is 5.95 Å². The van der Waals surface area contributed by atoms with Crippen molar-refractivity contribution in [3.63, 3.8) is 0 Å². The van der Waals surface area contributed by atoms with Gasteiger partial charge in [-0.05, 0) is 24.1 Å². The van der Waals surface area contributed by atoms with Gasteiger partial charge in [0.15, 0.2) is 5.96 Å². The first-order valence-electron chi connectivity index (χ1n) is 10.4. The summed E-state index contributed by atoms with van der Waals surface area (Å²) < 4.78 is 2.07. The lowest BCUT2D eigenvalue weighted by Gasteiger charge is -2.36. The van der Waals surface area contributed by atoms with E-state index in [2.05, 4.69) is 65.8 Å². The maximum atomic E-state index is 4.88. The topological polar surface area (TPSA) is 74.5 Å². The molecule has 4 rings (SSSR count). The van der Waals surface area contributed by atoms with Gasteiger partial charge in [0.1, 0.15) is 0 Å². The quantitative estimate of drug-likeness (QED) is 0.299. The van der Waals surface area contributed by atoms with Crippen LogP contribution in [0.5, 0.6) is 0 Å². The van der Waals surface area contributed by atoms with E-state index in [1.165, 1.54) is 11.1 Å². The van der Waals surface area contributed by atoms with Crippen molar-refractivity contribution in [1.82, 2.24) is 29.7 Å². The highest BCUT2D eigenvalue weighted by molar-refractivity contribution is 14.0. The summed E-state index contributed by atoms with van der Waals surface area (Å²) in [6.45, 7) is 8.02. The molecule has 31 heavy (non-hydrogen) atoms. The molecule has 0 radical (unpaired) electrons. The second kappa shape index (κ2) is 11.6. The van der Waals surface area contributed by atoms with Gasteiger partial charge in [0.2, 0.25) is 5.95 Å². The van der Waals surface area contributed by atoms with Crippen molar-refractivity contribution >= 4 is 35.9 Å². The van der Waals surface area contributed by atoms with Crippen molar-refractivity contribution < 1.29 is 0 Å². The average Bonchev–Trinajstić information content (AvgIpc) is 3.31. The zero-order chi connectivity index (χ0) is 20.6. The van der Waals surface area contributed by atoms with Crippen LogP contribution >= 0.6 is 24.0 Å². The molecule has 0 spiro atoms. The summed E-state index contributed by atoms with van der Waals surface area (Å²) in [5, 5.41) is 3.43. The van der Waals surface area contributed by atoms with Gasteiger partial charge < -0.3 is 19.7 Å². The molecule has 8 nitrogen and oxygen atoms in total. The molecule has 1 aliphatic rings. The number of rotatable bonds is 6. The number of aliphatic imine (C=N–C) groups is 1. The number of anilines is 1. The summed E-state index contributed by atoms with van der Waals surface area (Å²) in [6, 6.07) is 10.5. The van der Waals surface area contributed by atoms with Gasteiger partial charge in [-0.25, -0.2) is 19.9 Å². The number of nitrogens with one attached hydrogen (secondary N) is 1. The summed E-state index contributed by atoms with van der Waals surface area (Å²) in [6.07, 6.45) is 9.20. The first-order chi connectivity index (χ1) is 14.8. The van der Waals surface area contributed by atoms with E-state index in [0.29, 0.717) is 6.54 Å². The molecule has 1 fully saturated rings. The molecule has 164 valence electrons. The lowest BCUT2D eigenvalue weighted by Crippen LogP contribution is -2.52. The third-order valence-electron chi connectivity index (χ3n) is 5.11. The largest absolute Gasteiger partial charge is 0.357 e. The summed E-state index contributed by atoms with van der Waals surface area (Å²) in [4.78, 5) is 22.2. The molecule has 1 saturated heterocycles. The van der Waals surface area contributed by atoms with Crippen LogP contribution in [0.2, 0.25) is 0 Å². The van der Waals surface area contributed by atoms with Crippen molar-refractivity contribution in [2.24, 2.45) is 4.99 Å². The van der Waals surface area contributed by atoms with Crippen molar-refractivity contribution in [2.75, 3.05) is 37.6 Å². The van der Waals surface area contributed by atoms with E-state index in [9.17, 15) is 0 Å². The third-order valence-corrected chi connectivity index (χ3v) is 5.11. The minimum atomic E-state index is 0. The molecule has 9 heteroatoms. The number of imidazole rings is 1. The monoisotopic (exact) mass is 532 g/mol. The first kappa shape index (κ1) is 23.0. The summed E-state index contributed by atoms with van der Waals surface area (Å²) >= 11 is 0. The van der Waals surface area contributed by atoms with Gasteiger partial charge in [-0.3, -0.25) is 0 Å². The van der Waals surface area contributed by atoms with Gasteiger partial charge in [0.05, 0.1) is 12.9 Å². The third kappa shape index (κ3) is 6.39.